The minimum Gasteiger partial charge on any atom is -0.389 e. The molecule has 1 aromatic heterocycles. The number of hydrogen-bond acceptors (Lipinski definition) is 3. The van der Waals surface area contributed by atoms with E-state index in [0.29, 0.717) is 0 Å². The topological polar surface area (TPSA) is 50.1 Å². The lowest BCUT2D eigenvalue weighted by atomic mass is 9.89. The maximum atomic E-state index is 10.3. The second-order valence-corrected chi connectivity index (χ2v) is 4.46. The molecule has 2 N–H and O–H groups in total. The fourth-order valence-corrected chi connectivity index (χ4v) is 2.15. The van der Waals surface area contributed by atoms with Crippen LogP contribution >= 0.6 is 0 Å². The van der Waals surface area contributed by atoms with Crippen molar-refractivity contribution in [1.29, 1.82) is 0 Å². The van der Waals surface area contributed by atoms with Gasteiger partial charge in [0.15, 0.2) is 0 Å². The van der Waals surface area contributed by atoms with Gasteiger partial charge < -0.3 is 15.0 Å². The summed E-state index contributed by atoms with van der Waals surface area (Å²) in [6.07, 6.45) is 7.37. The third kappa shape index (κ3) is 2.58. The number of aromatic nitrogens is 2. The van der Waals surface area contributed by atoms with Gasteiger partial charge in [0.25, 0.3) is 0 Å². The Kier molecular flexibility index (Phi) is 3.07. The molecule has 4 nitrogen and oxygen atoms in total. The summed E-state index contributed by atoms with van der Waals surface area (Å²) in [4.78, 5) is 4.26. The van der Waals surface area contributed by atoms with Crippen LogP contribution in [0.5, 0.6) is 0 Å². The summed E-state index contributed by atoms with van der Waals surface area (Å²) in [6.45, 7) is 1.75. The summed E-state index contributed by atoms with van der Waals surface area (Å²) in [5.41, 5.74) is -0.524. The molecule has 4 heteroatoms. The van der Waals surface area contributed by atoms with E-state index in [1.165, 1.54) is 0 Å². The molecular weight excluding hydrogens is 190 g/mol. The Bertz CT molecular complexity index is 315. The van der Waals surface area contributed by atoms with Gasteiger partial charge in [-0.05, 0) is 25.8 Å². The quantitative estimate of drug-likeness (QED) is 0.760. The second kappa shape index (κ2) is 4.33. The fraction of sp³-hybridized carbons (Fsp3) is 0.727. The van der Waals surface area contributed by atoms with Crippen LogP contribution in [-0.2, 0) is 13.5 Å². The Morgan fingerprint density at radius 2 is 2.53 bits per heavy atom. The van der Waals surface area contributed by atoms with E-state index in [9.17, 15) is 5.11 Å². The molecule has 0 bridgehead atoms. The van der Waals surface area contributed by atoms with Crippen molar-refractivity contribution < 1.29 is 5.11 Å². The van der Waals surface area contributed by atoms with Crippen LogP contribution in [0.15, 0.2) is 12.4 Å². The van der Waals surface area contributed by atoms with Crippen molar-refractivity contribution in [2.75, 3.05) is 13.1 Å². The van der Waals surface area contributed by atoms with Crippen molar-refractivity contribution in [3.05, 3.63) is 18.2 Å². The highest BCUT2D eigenvalue weighted by Crippen LogP contribution is 2.21. The highest BCUT2D eigenvalue weighted by atomic mass is 16.3. The van der Waals surface area contributed by atoms with Crippen LogP contribution in [0, 0.1) is 0 Å². The zero-order chi connectivity index (χ0) is 10.7. The molecule has 15 heavy (non-hydrogen) atoms. The number of aliphatic hydroxyl groups is 1. The Morgan fingerprint density at radius 1 is 1.67 bits per heavy atom. The third-order valence-corrected chi connectivity index (χ3v) is 3.18. The lowest BCUT2D eigenvalue weighted by Crippen LogP contribution is -2.45. The van der Waals surface area contributed by atoms with Gasteiger partial charge >= 0.3 is 0 Å². The van der Waals surface area contributed by atoms with Gasteiger partial charge in [-0.1, -0.05) is 0 Å². The minimum atomic E-state index is -0.524. The van der Waals surface area contributed by atoms with E-state index in [2.05, 4.69) is 10.3 Å². The van der Waals surface area contributed by atoms with Crippen LogP contribution in [0.1, 0.15) is 25.1 Å². The van der Waals surface area contributed by atoms with Crippen molar-refractivity contribution in [1.82, 2.24) is 14.9 Å². The van der Waals surface area contributed by atoms with Crippen molar-refractivity contribution >= 4 is 0 Å². The lowest BCUT2D eigenvalue weighted by Gasteiger charge is -2.32. The Hall–Kier alpha value is -0.870. The van der Waals surface area contributed by atoms with E-state index in [4.69, 9.17) is 0 Å². The first-order chi connectivity index (χ1) is 7.20. The van der Waals surface area contributed by atoms with Gasteiger partial charge in [-0.25, -0.2) is 4.98 Å². The van der Waals surface area contributed by atoms with Gasteiger partial charge in [0.2, 0.25) is 0 Å². The molecule has 1 unspecified atom stereocenters. The van der Waals surface area contributed by atoms with E-state index in [1.54, 1.807) is 6.20 Å². The molecule has 84 valence electrons. The predicted octanol–water partition coefficient (Wildman–Crippen LogP) is 0.467. The van der Waals surface area contributed by atoms with Crippen LogP contribution in [-0.4, -0.2) is 33.3 Å². The Labute approximate surface area is 90.3 Å². The molecule has 1 aliphatic rings. The summed E-state index contributed by atoms with van der Waals surface area (Å²) in [6, 6.07) is 0. The average Bonchev–Trinajstić information content (AvgIpc) is 2.62. The number of hydrogen-bond donors (Lipinski definition) is 2. The van der Waals surface area contributed by atoms with Crippen LogP contribution in [0.4, 0.5) is 0 Å². The second-order valence-electron chi connectivity index (χ2n) is 4.46. The molecule has 0 radical (unpaired) electrons. The summed E-state index contributed by atoms with van der Waals surface area (Å²) in [5.74, 6) is 1.05. The number of aryl methyl sites for hydroxylation is 2. The smallest absolute Gasteiger partial charge is 0.108 e. The van der Waals surface area contributed by atoms with E-state index in [0.717, 1.165) is 44.6 Å². The highest BCUT2D eigenvalue weighted by molar-refractivity contribution is 4.95. The molecule has 1 saturated heterocycles. The Balaban J connectivity index is 1.89. The molecule has 1 aliphatic heterocycles. The fourth-order valence-electron chi connectivity index (χ4n) is 2.15. The molecule has 0 aromatic carbocycles. The monoisotopic (exact) mass is 209 g/mol. The van der Waals surface area contributed by atoms with Gasteiger partial charge in [-0.2, -0.15) is 0 Å². The third-order valence-electron chi connectivity index (χ3n) is 3.18. The molecule has 1 fully saturated rings. The molecule has 1 atom stereocenters. The molecule has 2 heterocycles. The Morgan fingerprint density at radius 3 is 3.13 bits per heavy atom. The van der Waals surface area contributed by atoms with E-state index < -0.39 is 5.60 Å². The molecule has 0 saturated carbocycles. The number of piperidine rings is 1. The molecule has 1 aromatic rings. The van der Waals surface area contributed by atoms with Gasteiger partial charge in [0.1, 0.15) is 5.82 Å². The molecule has 0 aliphatic carbocycles. The van der Waals surface area contributed by atoms with Crippen molar-refractivity contribution in [2.24, 2.45) is 7.05 Å². The summed E-state index contributed by atoms with van der Waals surface area (Å²) < 4.78 is 2.01. The first-order valence-corrected chi connectivity index (χ1v) is 5.59. The van der Waals surface area contributed by atoms with Crippen LogP contribution in [0.25, 0.3) is 0 Å². The standard InChI is InChI=1S/C11H19N3O/c1-14-8-7-13-10(14)3-5-11(15)4-2-6-12-9-11/h7-8,12,15H,2-6,9H2,1H3. The molecule has 0 spiro atoms. The number of β-amino-alcohol motifs (C(OH)–C–C–N with tert-alkyl or cyclic N) is 1. The zero-order valence-corrected chi connectivity index (χ0v) is 9.24. The SMILES string of the molecule is Cn1ccnc1CCC1(O)CCCNC1. The number of nitrogens with zero attached hydrogens (tertiary/aromatic N) is 2. The predicted molar refractivity (Wildman–Crippen MR) is 58.6 cm³/mol. The first-order valence-electron chi connectivity index (χ1n) is 5.59. The van der Waals surface area contributed by atoms with Crippen LogP contribution < -0.4 is 5.32 Å². The maximum absolute atomic E-state index is 10.3. The van der Waals surface area contributed by atoms with Crippen LogP contribution in [0.2, 0.25) is 0 Å². The van der Waals surface area contributed by atoms with E-state index in [-0.39, 0.29) is 0 Å². The maximum Gasteiger partial charge on any atom is 0.108 e. The van der Waals surface area contributed by atoms with E-state index in [1.807, 2.05) is 17.8 Å². The highest BCUT2D eigenvalue weighted by Gasteiger charge is 2.28. The number of imidazole rings is 1. The summed E-state index contributed by atoms with van der Waals surface area (Å²) in [7, 11) is 1.99. The normalized spacial score (nSPS) is 26.8. The van der Waals surface area contributed by atoms with Crippen molar-refractivity contribution in [2.45, 2.75) is 31.3 Å². The van der Waals surface area contributed by atoms with Gasteiger partial charge in [0, 0.05) is 32.4 Å². The molecule has 0 amide bonds. The van der Waals surface area contributed by atoms with Gasteiger partial charge in [-0.3, -0.25) is 0 Å². The van der Waals surface area contributed by atoms with E-state index >= 15 is 0 Å². The number of nitrogens with one attached hydrogen (secondary N) is 1. The minimum absolute atomic E-state index is 0.524. The van der Waals surface area contributed by atoms with Crippen molar-refractivity contribution in [3.63, 3.8) is 0 Å². The van der Waals surface area contributed by atoms with Gasteiger partial charge in [-0.15, -0.1) is 0 Å². The number of rotatable bonds is 3. The molecule has 2 rings (SSSR count). The lowest BCUT2D eigenvalue weighted by molar-refractivity contribution is 0.00833. The largest absolute Gasteiger partial charge is 0.389 e. The molecular formula is C11H19N3O. The summed E-state index contributed by atoms with van der Waals surface area (Å²) >= 11 is 0. The van der Waals surface area contributed by atoms with Gasteiger partial charge in [0.05, 0.1) is 5.60 Å². The zero-order valence-electron chi connectivity index (χ0n) is 9.24. The summed E-state index contributed by atoms with van der Waals surface area (Å²) in [5, 5.41) is 13.5. The first kappa shape index (κ1) is 10.6. The average molecular weight is 209 g/mol. The van der Waals surface area contributed by atoms with Crippen LogP contribution in [0.3, 0.4) is 0 Å². The van der Waals surface area contributed by atoms with Crippen molar-refractivity contribution in [3.8, 4) is 0 Å².